The molecule has 8 nitrogen and oxygen atoms in total. The monoisotopic (exact) mass is 476 g/mol. The number of thiazole rings is 1. The average Bonchev–Trinajstić information content (AvgIpc) is 3.52. The molecule has 176 valence electrons. The maximum Gasteiger partial charge on any atom is 0.258 e. The van der Waals surface area contributed by atoms with Gasteiger partial charge in [0.2, 0.25) is 5.43 Å². The average molecular weight is 477 g/mol. The first kappa shape index (κ1) is 21.5. The Morgan fingerprint density at radius 2 is 1.85 bits per heavy atom. The van der Waals surface area contributed by atoms with Gasteiger partial charge < -0.3 is 20.4 Å². The number of carbonyl (C=O) groups is 1. The van der Waals surface area contributed by atoms with Gasteiger partial charge in [-0.1, -0.05) is 12.1 Å². The Kier molecular flexibility index (Phi) is 5.68. The number of benzene rings is 1. The number of pyridine rings is 2. The van der Waals surface area contributed by atoms with E-state index in [0.29, 0.717) is 22.4 Å². The third kappa shape index (κ3) is 3.73. The second-order valence-electron chi connectivity index (χ2n) is 9.00. The molecule has 4 aromatic rings. The van der Waals surface area contributed by atoms with E-state index in [1.54, 1.807) is 0 Å². The number of hydrogen-bond donors (Lipinski definition) is 2. The molecule has 2 aliphatic heterocycles. The Bertz CT molecular complexity index is 1430. The molecule has 2 N–H and O–H groups in total. The van der Waals surface area contributed by atoms with E-state index in [1.165, 1.54) is 24.2 Å². The van der Waals surface area contributed by atoms with Gasteiger partial charge in [-0.05, 0) is 50.2 Å². The van der Waals surface area contributed by atoms with Gasteiger partial charge in [-0.3, -0.25) is 14.0 Å². The van der Waals surface area contributed by atoms with Gasteiger partial charge in [-0.15, -0.1) is 11.3 Å². The fourth-order valence-electron chi connectivity index (χ4n) is 5.07. The largest absolute Gasteiger partial charge is 0.354 e. The third-order valence-corrected chi connectivity index (χ3v) is 8.00. The SMILES string of the molecule is O=C(NCCN1CCCC1)c1c(=O)c2ccc(N3CCNCC3)nc2n2c1sc1ccccc12. The Labute approximate surface area is 201 Å². The minimum Gasteiger partial charge on any atom is -0.354 e. The Morgan fingerprint density at radius 3 is 2.68 bits per heavy atom. The van der Waals surface area contributed by atoms with Crippen molar-refractivity contribution in [2.75, 3.05) is 57.3 Å². The lowest BCUT2D eigenvalue weighted by Crippen LogP contribution is -2.43. The summed E-state index contributed by atoms with van der Waals surface area (Å²) in [6.07, 6.45) is 2.43. The summed E-state index contributed by atoms with van der Waals surface area (Å²) in [6.45, 7) is 7.07. The van der Waals surface area contributed by atoms with E-state index in [-0.39, 0.29) is 16.9 Å². The van der Waals surface area contributed by atoms with Crippen molar-refractivity contribution >= 4 is 49.1 Å². The van der Waals surface area contributed by atoms with Gasteiger partial charge in [0.05, 0.1) is 15.6 Å². The van der Waals surface area contributed by atoms with Gasteiger partial charge in [0.15, 0.2) is 5.65 Å². The van der Waals surface area contributed by atoms with E-state index in [0.717, 1.165) is 61.8 Å². The van der Waals surface area contributed by atoms with E-state index in [1.807, 2.05) is 40.8 Å². The smallest absolute Gasteiger partial charge is 0.258 e. The van der Waals surface area contributed by atoms with Crippen LogP contribution in [0.1, 0.15) is 23.2 Å². The number of anilines is 1. The molecule has 3 aromatic heterocycles. The predicted molar refractivity (Wildman–Crippen MR) is 137 cm³/mol. The number of fused-ring (bicyclic) bond motifs is 5. The minimum atomic E-state index is -0.304. The van der Waals surface area contributed by atoms with Crippen LogP contribution in [0.4, 0.5) is 5.82 Å². The van der Waals surface area contributed by atoms with Gasteiger partial charge in [-0.2, -0.15) is 0 Å². The number of para-hydroxylation sites is 1. The number of amides is 1. The highest BCUT2D eigenvalue weighted by Crippen LogP contribution is 2.31. The van der Waals surface area contributed by atoms with Crippen molar-refractivity contribution in [3.63, 3.8) is 0 Å². The summed E-state index contributed by atoms with van der Waals surface area (Å²) in [6, 6.07) is 11.8. The van der Waals surface area contributed by atoms with Gasteiger partial charge in [0, 0.05) is 39.3 Å². The molecule has 1 aromatic carbocycles. The lowest BCUT2D eigenvalue weighted by Gasteiger charge is -2.28. The molecule has 2 fully saturated rings. The molecule has 9 heteroatoms. The zero-order valence-corrected chi connectivity index (χ0v) is 19.9. The first-order chi connectivity index (χ1) is 16.7. The third-order valence-electron chi connectivity index (χ3n) is 6.85. The predicted octanol–water partition coefficient (Wildman–Crippen LogP) is 2.30. The highest BCUT2D eigenvalue weighted by Gasteiger charge is 2.24. The van der Waals surface area contributed by atoms with Gasteiger partial charge >= 0.3 is 0 Å². The zero-order valence-electron chi connectivity index (χ0n) is 19.0. The van der Waals surface area contributed by atoms with Crippen LogP contribution in [0.3, 0.4) is 0 Å². The van der Waals surface area contributed by atoms with Gasteiger partial charge in [-0.25, -0.2) is 4.98 Å². The molecular weight excluding hydrogens is 448 g/mol. The van der Waals surface area contributed by atoms with Crippen LogP contribution in [0.2, 0.25) is 0 Å². The Morgan fingerprint density at radius 1 is 1.06 bits per heavy atom. The van der Waals surface area contributed by atoms with Crippen LogP contribution >= 0.6 is 11.3 Å². The fourth-order valence-corrected chi connectivity index (χ4v) is 6.25. The van der Waals surface area contributed by atoms with Crippen LogP contribution in [-0.2, 0) is 0 Å². The molecule has 5 heterocycles. The van der Waals surface area contributed by atoms with E-state index in [4.69, 9.17) is 4.98 Å². The molecule has 0 atom stereocenters. The van der Waals surface area contributed by atoms with Crippen LogP contribution in [0.5, 0.6) is 0 Å². The normalized spacial score (nSPS) is 17.2. The highest BCUT2D eigenvalue weighted by atomic mass is 32.1. The molecule has 0 unspecified atom stereocenters. The lowest BCUT2D eigenvalue weighted by atomic mass is 10.1. The van der Waals surface area contributed by atoms with Crippen LogP contribution < -0.4 is 21.0 Å². The maximum absolute atomic E-state index is 13.6. The fraction of sp³-hybridized carbons (Fsp3) is 0.400. The van der Waals surface area contributed by atoms with Crippen LogP contribution in [0.15, 0.2) is 41.2 Å². The molecule has 0 bridgehead atoms. The summed E-state index contributed by atoms with van der Waals surface area (Å²) in [4.78, 5) is 37.1. The molecule has 2 aliphatic rings. The molecule has 0 saturated carbocycles. The molecule has 0 aliphatic carbocycles. The molecule has 0 spiro atoms. The molecule has 2 saturated heterocycles. The summed E-state index contributed by atoms with van der Waals surface area (Å²) in [5, 5.41) is 6.85. The van der Waals surface area contributed by atoms with Crippen molar-refractivity contribution in [1.82, 2.24) is 24.9 Å². The number of nitrogens with one attached hydrogen (secondary N) is 2. The molecule has 1 amide bonds. The first-order valence-electron chi connectivity index (χ1n) is 12.0. The maximum atomic E-state index is 13.6. The first-order valence-corrected chi connectivity index (χ1v) is 12.9. The lowest BCUT2D eigenvalue weighted by molar-refractivity contribution is 0.0950. The van der Waals surface area contributed by atoms with Crippen LogP contribution in [0.25, 0.3) is 26.1 Å². The highest BCUT2D eigenvalue weighted by molar-refractivity contribution is 7.24. The number of hydrogen-bond acceptors (Lipinski definition) is 7. The van der Waals surface area contributed by atoms with E-state index < -0.39 is 0 Å². The topological polar surface area (TPSA) is 82.0 Å². The standard InChI is InChI=1S/C25H28N6O2S/c32-22-17-7-8-20(30-15-9-26-10-16-30)28-23(17)31-18-5-1-2-6-19(18)34-25(31)21(22)24(33)27-11-14-29-12-3-4-13-29/h1-2,5-8,26H,3-4,9-16H2,(H,27,33). The molecule has 0 radical (unpaired) electrons. The molecule has 34 heavy (non-hydrogen) atoms. The van der Waals surface area contributed by atoms with Gasteiger partial charge in [0.25, 0.3) is 5.91 Å². The van der Waals surface area contributed by atoms with Crippen molar-refractivity contribution in [3.05, 3.63) is 52.2 Å². The number of rotatable bonds is 5. The number of aromatic nitrogens is 2. The Balaban J connectivity index is 1.47. The summed E-state index contributed by atoms with van der Waals surface area (Å²) in [5.41, 5.74) is 1.54. The second kappa shape index (κ2) is 8.98. The van der Waals surface area contributed by atoms with Crippen molar-refractivity contribution < 1.29 is 4.79 Å². The Hall–Kier alpha value is -3.01. The zero-order chi connectivity index (χ0) is 23.1. The minimum absolute atomic E-state index is 0.215. The van der Waals surface area contributed by atoms with E-state index in [9.17, 15) is 9.59 Å². The number of nitrogens with zero attached hydrogens (tertiary/aromatic N) is 4. The summed E-state index contributed by atoms with van der Waals surface area (Å²) < 4.78 is 3.02. The van der Waals surface area contributed by atoms with Crippen molar-refractivity contribution in [2.45, 2.75) is 12.8 Å². The molecular formula is C25H28N6O2S. The van der Waals surface area contributed by atoms with Crippen LogP contribution in [-0.4, -0.2) is 72.5 Å². The molecule has 6 rings (SSSR count). The number of carbonyl (C=O) groups excluding carboxylic acids is 1. The van der Waals surface area contributed by atoms with E-state index in [2.05, 4.69) is 20.4 Å². The van der Waals surface area contributed by atoms with Crippen LogP contribution in [0, 0.1) is 0 Å². The number of piperazine rings is 1. The van der Waals surface area contributed by atoms with Gasteiger partial charge in [0.1, 0.15) is 16.2 Å². The second-order valence-corrected chi connectivity index (χ2v) is 10.0. The van der Waals surface area contributed by atoms with Crippen molar-refractivity contribution in [2.24, 2.45) is 0 Å². The van der Waals surface area contributed by atoms with Crippen molar-refractivity contribution in [1.29, 1.82) is 0 Å². The summed E-state index contributed by atoms with van der Waals surface area (Å²) in [7, 11) is 0. The number of likely N-dealkylation sites (tertiary alicyclic amines) is 1. The summed E-state index contributed by atoms with van der Waals surface area (Å²) in [5.74, 6) is 0.557. The summed E-state index contributed by atoms with van der Waals surface area (Å²) >= 11 is 1.47. The van der Waals surface area contributed by atoms with E-state index >= 15 is 0 Å². The quantitative estimate of drug-likeness (QED) is 0.460. The van der Waals surface area contributed by atoms with Crippen molar-refractivity contribution in [3.8, 4) is 0 Å².